The molecular weight excluding hydrogens is 468 g/mol. The molecule has 1 aliphatic carbocycles. The fraction of sp³-hybridized carbons (Fsp3) is 0.552. The van der Waals surface area contributed by atoms with Crippen LogP contribution in [0, 0.1) is 5.92 Å². The largest absolute Gasteiger partial charge is 0.459 e. The van der Waals surface area contributed by atoms with Crippen LogP contribution < -0.4 is 10.1 Å². The molecule has 0 saturated heterocycles. The number of anilines is 1. The molecule has 2 heterocycles. The smallest absolute Gasteiger partial charge is 0.251 e. The van der Waals surface area contributed by atoms with Crippen LogP contribution in [0.5, 0.6) is 5.75 Å². The Hall–Kier alpha value is -3.13. The first-order valence-corrected chi connectivity index (χ1v) is 13.6. The highest BCUT2D eigenvalue weighted by atomic mass is 16.5. The Balaban J connectivity index is 1.48. The number of ether oxygens (including phenoxy) is 1. The van der Waals surface area contributed by atoms with E-state index in [9.17, 15) is 14.7 Å². The van der Waals surface area contributed by atoms with Gasteiger partial charge in [-0.1, -0.05) is 63.6 Å². The molecule has 1 saturated carbocycles. The van der Waals surface area contributed by atoms with Gasteiger partial charge in [0, 0.05) is 18.3 Å². The molecule has 2 N–H and O–H groups in total. The molecule has 0 bridgehead atoms. The summed E-state index contributed by atoms with van der Waals surface area (Å²) in [6.45, 7) is 6.11. The van der Waals surface area contributed by atoms with Gasteiger partial charge < -0.3 is 20.1 Å². The van der Waals surface area contributed by atoms with E-state index in [1.54, 1.807) is 35.7 Å². The van der Waals surface area contributed by atoms with Gasteiger partial charge in [-0.05, 0) is 44.2 Å². The van der Waals surface area contributed by atoms with Gasteiger partial charge in [-0.25, -0.2) is 0 Å². The highest BCUT2D eigenvalue weighted by Crippen LogP contribution is 2.31. The summed E-state index contributed by atoms with van der Waals surface area (Å²) < 4.78 is 7.78. The van der Waals surface area contributed by atoms with Crippen LogP contribution in [-0.2, 0) is 22.6 Å². The lowest BCUT2D eigenvalue weighted by Gasteiger charge is -2.31. The van der Waals surface area contributed by atoms with Crippen LogP contribution in [0.15, 0.2) is 48.4 Å². The maximum absolute atomic E-state index is 13.6. The topological polar surface area (TPSA) is 96.7 Å². The lowest BCUT2D eigenvalue weighted by molar-refractivity contribution is -0.134. The second kappa shape index (κ2) is 11.9. The zero-order chi connectivity index (χ0) is 26.4. The Morgan fingerprint density at radius 1 is 1.22 bits per heavy atom. The van der Waals surface area contributed by atoms with Crippen molar-refractivity contribution in [1.29, 1.82) is 0 Å². The van der Waals surface area contributed by atoms with Gasteiger partial charge in [0.2, 0.25) is 5.91 Å². The molecule has 1 atom stereocenters. The van der Waals surface area contributed by atoms with Gasteiger partial charge in [-0.15, -0.1) is 0 Å². The molecule has 37 heavy (non-hydrogen) atoms. The molecule has 1 aliphatic heterocycles. The molecule has 4 rings (SSSR count). The number of benzene rings is 1. The second-order valence-electron chi connectivity index (χ2n) is 11.0. The normalized spacial score (nSPS) is 17.6. The van der Waals surface area contributed by atoms with Gasteiger partial charge in [-0.2, -0.15) is 5.10 Å². The number of aliphatic hydroxyl groups is 1. The summed E-state index contributed by atoms with van der Waals surface area (Å²) in [4.78, 5) is 28.3. The van der Waals surface area contributed by atoms with Crippen LogP contribution in [0.3, 0.4) is 0 Å². The molecule has 1 aromatic carbocycles. The van der Waals surface area contributed by atoms with Crippen molar-refractivity contribution in [2.24, 2.45) is 5.92 Å². The maximum atomic E-state index is 13.6. The van der Waals surface area contributed by atoms with E-state index in [1.807, 2.05) is 24.3 Å². The number of carbonyl (C=O) groups excluding carboxylic acids is 2. The van der Waals surface area contributed by atoms with Gasteiger partial charge in [0.25, 0.3) is 5.91 Å². The molecular formula is C29H40N4O4. The molecule has 2 amide bonds. The molecule has 1 unspecified atom stereocenters. The van der Waals surface area contributed by atoms with Crippen molar-refractivity contribution < 1.29 is 19.4 Å². The average Bonchev–Trinajstić information content (AvgIpc) is 3.43. The van der Waals surface area contributed by atoms with Crippen molar-refractivity contribution in [3.63, 3.8) is 0 Å². The third-order valence-electron chi connectivity index (χ3n) is 7.03. The standard InChI is InChI=1S/C29H40N4O4/c1-4-10-22-13-8-9-14-25(22)37-23-18-27(34)33(19-23)24(17-21-11-6-5-7-12-21)28(35)30-26-15-16-32(31-26)20-29(2,3)36/h8-9,13-16,18,21,24,36H,4-7,10-12,17,19-20H2,1-3H3,(H,30,31,35). The number of carbonyl (C=O) groups is 2. The van der Waals surface area contributed by atoms with Gasteiger partial charge >= 0.3 is 0 Å². The minimum absolute atomic E-state index is 0.202. The molecule has 200 valence electrons. The first kappa shape index (κ1) is 26.9. The summed E-state index contributed by atoms with van der Waals surface area (Å²) in [5, 5.41) is 17.4. The van der Waals surface area contributed by atoms with E-state index in [4.69, 9.17) is 4.74 Å². The number of para-hydroxylation sites is 1. The van der Waals surface area contributed by atoms with Crippen LogP contribution >= 0.6 is 0 Å². The van der Waals surface area contributed by atoms with Crippen molar-refractivity contribution >= 4 is 17.6 Å². The van der Waals surface area contributed by atoms with E-state index >= 15 is 0 Å². The Kier molecular flexibility index (Phi) is 8.69. The number of aromatic nitrogens is 2. The van der Waals surface area contributed by atoms with Crippen molar-refractivity contribution in [3.8, 4) is 5.75 Å². The summed E-state index contributed by atoms with van der Waals surface area (Å²) in [5.74, 6) is 1.69. The van der Waals surface area contributed by atoms with Crippen LogP contribution in [-0.4, -0.2) is 49.8 Å². The Labute approximate surface area is 219 Å². The second-order valence-corrected chi connectivity index (χ2v) is 11.0. The first-order valence-electron chi connectivity index (χ1n) is 13.6. The summed E-state index contributed by atoms with van der Waals surface area (Å²) in [5.41, 5.74) is 0.186. The predicted octanol–water partition coefficient (Wildman–Crippen LogP) is 4.69. The SMILES string of the molecule is CCCc1ccccc1OC1=CC(=O)N(C(CC2CCCCC2)C(=O)Nc2ccn(CC(C)(C)O)n2)C1. The molecule has 0 radical (unpaired) electrons. The maximum Gasteiger partial charge on any atom is 0.251 e. The third-order valence-corrected chi connectivity index (χ3v) is 7.03. The molecule has 8 heteroatoms. The number of amides is 2. The van der Waals surface area contributed by atoms with Gasteiger partial charge in [0.15, 0.2) is 5.82 Å². The monoisotopic (exact) mass is 508 g/mol. The molecule has 2 aliphatic rings. The number of aryl methyl sites for hydroxylation is 1. The third kappa shape index (κ3) is 7.44. The van der Waals surface area contributed by atoms with Gasteiger partial charge in [0.1, 0.15) is 17.6 Å². The summed E-state index contributed by atoms with van der Waals surface area (Å²) in [7, 11) is 0. The molecule has 2 aromatic rings. The average molecular weight is 509 g/mol. The van der Waals surface area contributed by atoms with Crippen LogP contribution in [0.1, 0.15) is 71.3 Å². The minimum Gasteiger partial charge on any atom is -0.459 e. The zero-order valence-corrected chi connectivity index (χ0v) is 22.3. The summed E-state index contributed by atoms with van der Waals surface area (Å²) >= 11 is 0. The van der Waals surface area contributed by atoms with Crippen molar-refractivity contribution in [1.82, 2.24) is 14.7 Å². The first-order chi connectivity index (χ1) is 17.7. The van der Waals surface area contributed by atoms with E-state index in [2.05, 4.69) is 17.3 Å². The van der Waals surface area contributed by atoms with Crippen LogP contribution in [0.2, 0.25) is 0 Å². The lowest BCUT2D eigenvalue weighted by Crippen LogP contribution is -2.46. The van der Waals surface area contributed by atoms with Crippen LogP contribution in [0.4, 0.5) is 5.82 Å². The van der Waals surface area contributed by atoms with Gasteiger partial charge in [0.05, 0.1) is 18.7 Å². The predicted molar refractivity (Wildman–Crippen MR) is 143 cm³/mol. The lowest BCUT2D eigenvalue weighted by atomic mass is 9.84. The molecule has 0 spiro atoms. The summed E-state index contributed by atoms with van der Waals surface area (Å²) in [6.07, 6.45) is 11.5. The number of rotatable bonds is 11. The van der Waals surface area contributed by atoms with E-state index < -0.39 is 11.6 Å². The summed E-state index contributed by atoms with van der Waals surface area (Å²) in [6, 6.07) is 8.99. The number of nitrogens with one attached hydrogen (secondary N) is 1. The Bertz CT molecular complexity index is 1110. The highest BCUT2D eigenvalue weighted by molar-refractivity contribution is 5.99. The molecule has 1 aromatic heterocycles. The van der Waals surface area contributed by atoms with Crippen molar-refractivity contribution in [2.45, 2.75) is 90.3 Å². The Morgan fingerprint density at radius 3 is 2.70 bits per heavy atom. The van der Waals surface area contributed by atoms with Crippen molar-refractivity contribution in [2.75, 3.05) is 11.9 Å². The van der Waals surface area contributed by atoms with Crippen LogP contribution in [0.25, 0.3) is 0 Å². The fourth-order valence-electron chi connectivity index (χ4n) is 5.29. The number of nitrogens with zero attached hydrogens (tertiary/aromatic N) is 3. The van der Waals surface area contributed by atoms with Crippen molar-refractivity contribution in [3.05, 3.63) is 53.9 Å². The minimum atomic E-state index is -0.920. The number of hydrogen-bond acceptors (Lipinski definition) is 5. The zero-order valence-electron chi connectivity index (χ0n) is 22.3. The Morgan fingerprint density at radius 2 is 1.97 bits per heavy atom. The fourth-order valence-corrected chi connectivity index (χ4v) is 5.29. The van der Waals surface area contributed by atoms with E-state index in [0.717, 1.165) is 49.8 Å². The number of hydrogen-bond donors (Lipinski definition) is 2. The quantitative estimate of drug-likeness (QED) is 0.459. The van der Waals surface area contributed by atoms with E-state index in [-0.39, 0.29) is 18.4 Å². The highest BCUT2D eigenvalue weighted by Gasteiger charge is 2.36. The van der Waals surface area contributed by atoms with E-state index in [1.165, 1.54) is 12.5 Å². The molecule has 8 nitrogen and oxygen atoms in total. The molecule has 1 fully saturated rings. The van der Waals surface area contributed by atoms with E-state index in [0.29, 0.717) is 30.5 Å². The van der Waals surface area contributed by atoms with Gasteiger partial charge in [-0.3, -0.25) is 14.3 Å².